The highest BCUT2D eigenvalue weighted by Gasteiger charge is 2.13. The molecule has 6 nitrogen and oxygen atoms in total. The Morgan fingerprint density at radius 1 is 1.22 bits per heavy atom. The van der Waals surface area contributed by atoms with Crippen LogP contribution in [-0.2, 0) is 17.0 Å². The normalized spacial score (nSPS) is 11.3. The summed E-state index contributed by atoms with van der Waals surface area (Å²) in [6, 6.07) is 11.3. The van der Waals surface area contributed by atoms with Crippen LogP contribution in [0.4, 0.5) is 0 Å². The number of oxazole rings is 1. The Labute approximate surface area is 163 Å². The number of aromatic nitrogens is 3. The largest absolute Gasteiger partial charge is 0.444 e. The summed E-state index contributed by atoms with van der Waals surface area (Å²) >= 11 is 3.05. The number of methoxy groups -OCH3 is 1. The van der Waals surface area contributed by atoms with E-state index >= 15 is 0 Å². The van der Waals surface area contributed by atoms with Gasteiger partial charge in [-0.1, -0.05) is 30.0 Å². The van der Waals surface area contributed by atoms with Crippen LogP contribution in [-0.4, -0.2) is 28.3 Å². The minimum absolute atomic E-state index is 0.0559. The van der Waals surface area contributed by atoms with E-state index in [1.165, 1.54) is 11.8 Å². The molecular weight excluding hydrogens is 382 g/mol. The maximum Gasteiger partial charge on any atom is 0.262 e. The third kappa shape index (κ3) is 3.83. The van der Waals surface area contributed by atoms with Crippen molar-refractivity contribution in [2.75, 3.05) is 13.7 Å². The van der Waals surface area contributed by atoms with E-state index in [1.54, 1.807) is 35.3 Å². The molecule has 8 heteroatoms. The van der Waals surface area contributed by atoms with E-state index < -0.39 is 0 Å². The van der Waals surface area contributed by atoms with Gasteiger partial charge >= 0.3 is 0 Å². The molecule has 0 unspecified atom stereocenters. The summed E-state index contributed by atoms with van der Waals surface area (Å²) < 4.78 is 12.4. The average Bonchev–Trinajstić information content (AvgIpc) is 3.37. The molecule has 138 valence electrons. The van der Waals surface area contributed by atoms with Crippen LogP contribution >= 0.6 is 23.1 Å². The predicted octanol–water partition coefficient (Wildman–Crippen LogP) is 4.05. The van der Waals surface area contributed by atoms with Crippen molar-refractivity contribution in [3.63, 3.8) is 0 Å². The lowest BCUT2D eigenvalue weighted by Crippen LogP contribution is -2.25. The summed E-state index contributed by atoms with van der Waals surface area (Å²) in [7, 11) is 1.62. The van der Waals surface area contributed by atoms with Crippen LogP contribution < -0.4 is 5.56 Å². The quantitative estimate of drug-likeness (QED) is 0.345. The number of ether oxygens (including phenoxy) is 1. The zero-order chi connectivity index (χ0) is 18.6. The molecule has 0 radical (unpaired) electrons. The molecule has 0 N–H and O–H groups in total. The second-order valence-corrected chi connectivity index (χ2v) is 7.66. The first kappa shape index (κ1) is 18.0. The van der Waals surface area contributed by atoms with Gasteiger partial charge in [0.05, 0.1) is 34.6 Å². The molecule has 0 aliphatic carbocycles. The van der Waals surface area contributed by atoms with Crippen LogP contribution in [0.5, 0.6) is 0 Å². The van der Waals surface area contributed by atoms with E-state index in [0.29, 0.717) is 40.9 Å². The second kappa shape index (κ2) is 8.08. The first-order chi connectivity index (χ1) is 13.3. The minimum Gasteiger partial charge on any atom is -0.444 e. The van der Waals surface area contributed by atoms with Crippen molar-refractivity contribution in [2.24, 2.45) is 0 Å². The zero-order valence-corrected chi connectivity index (χ0v) is 16.3. The van der Waals surface area contributed by atoms with Crippen molar-refractivity contribution in [1.82, 2.24) is 14.5 Å². The molecular formula is C19H17N3O3S2. The zero-order valence-electron chi connectivity index (χ0n) is 14.6. The van der Waals surface area contributed by atoms with Gasteiger partial charge in [-0.15, -0.1) is 11.3 Å². The van der Waals surface area contributed by atoms with Gasteiger partial charge in [0.15, 0.2) is 5.16 Å². The average molecular weight is 399 g/mol. The molecule has 0 aliphatic heterocycles. The molecule has 3 heterocycles. The first-order valence-corrected chi connectivity index (χ1v) is 10.2. The summed E-state index contributed by atoms with van der Waals surface area (Å²) in [5.41, 5.74) is 1.45. The molecule has 0 aliphatic rings. The lowest BCUT2D eigenvalue weighted by atomic mass is 10.2. The fourth-order valence-electron chi connectivity index (χ4n) is 2.66. The topological polar surface area (TPSA) is 70.2 Å². The van der Waals surface area contributed by atoms with Crippen LogP contribution in [0.1, 0.15) is 5.69 Å². The molecule has 0 saturated heterocycles. The third-order valence-corrected chi connectivity index (χ3v) is 5.85. The molecule has 1 aromatic carbocycles. The number of rotatable bonds is 7. The Hall–Kier alpha value is -2.42. The molecule has 0 bridgehead atoms. The SMILES string of the molecule is COCCn1c(SCc2coc(-c3cccs3)n2)nc2ccccc2c1=O. The number of nitrogens with zero attached hydrogens (tertiary/aromatic N) is 3. The number of thiophene rings is 1. The van der Waals surface area contributed by atoms with E-state index in [9.17, 15) is 4.79 Å². The smallest absolute Gasteiger partial charge is 0.262 e. The summed E-state index contributed by atoms with van der Waals surface area (Å²) in [6.07, 6.45) is 1.65. The van der Waals surface area contributed by atoms with Crippen molar-refractivity contribution in [2.45, 2.75) is 17.5 Å². The number of hydrogen-bond donors (Lipinski definition) is 0. The Morgan fingerprint density at radius 2 is 2.11 bits per heavy atom. The van der Waals surface area contributed by atoms with Crippen LogP contribution in [0.2, 0.25) is 0 Å². The molecule has 0 spiro atoms. The second-order valence-electron chi connectivity index (χ2n) is 5.77. The maximum absolute atomic E-state index is 12.8. The standard InChI is InChI=1S/C19H17N3O3S2/c1-24-9-8-22-18(23)14-5-2-3-6-15(14)21-19(22)27-12-13-11-25-17(20-13)16-7-4-10-26-16/h2-7,10-11H,8-9,12H2,1H3. The molecule has 3 aromatic heterocycles. The van der Waals surface area contributed by atoms with Crippen molar-refractivity contribution in [1.29, 1.82) is 0 Å². The van der Waals surface area contributed by atoms with E-state index in [1.807, 2.05) is 35.7 Å². The monoisotopic (exact) mass is 399 g/mol. The van der Waals surface area contributed by atoms with Gasteiger partial charge in [-0.3, -0.25) is 9.36 Å². The maximum atomic E-state index is 12.8. The van der Waals surface area contributed by atoms with Crippen molar-refractivity contribution in [3.05, 3.63) is 64.1 Å². The summed E-state index contributed by atoms with van der Waals surface area (Å²) in [5, 5.41) is 3.25. The highest BCUT2D eigenvalue weighted by Crippen LogP contribution is 2.27. The summed E-state index contributed by atoms with van der Waals surface area (Å²) in [4.78, 5) is 23.0. The fourth-order valence-corrected chi connectivity index (χ4v) is 4.22. The van der Waals surface area contributed by atoms with Gasteiger partial charge in [-0.25, -0.2) is 9.97 Å². The third-order valence-electron chi connectivity index (χ3n) is 3.98. The van der Waals surface area contributed by atoms with Gasteiger partial charge in [0.2, 0.25) is 5.89 Å². The van der Waals surface area contributed by atoms with Crippen molar-refractivity contribution >= 4 is 34.0 Å². The van der Waals surface area contributed by atoms with Crippen molar-refractivity contribution in [3.8, 4) is 10.8 Å². The van der Waals surface area contributed by atoms with Crippen molar-refractivity contribution < 1.29 is 9.15 Å². The highest BCUT2D eigenvalue weighted by molar-refractivity contribution is 7.98. The van der Waals surface area contributed by atoms with E-state index in [-0.39, 0.29) is 5.56 Å². The summed E-state index contributed by atoms with van der Waals surface area (Å²) in [6.45, 7) is 0.898. The van der Waals surface area contributed by atoms with Gasteiger partial charge in [0.25, 0.3) is 5.56 Å². The van der Waals surface area contributed by atoms with Crippen LogP contribution in [0.25, 0.3) is 21.7 Å². The number of para-hydroxylation sites is 1. The number of hydrogen-bond acceptors (Lipinski definition) is 7. The Bertz CT molecular complexity index is 1100. The Morgan fingerprint density at radius 3 is 2.93 bits per heavy atom. The molecule has 0 atom stereocenters. The highest BCUT2D eigenvalue weighted by atomic mass is 32.2. The number of thioether (sulfide) groups is 1. The molecule has 0 amide bonds. The number of benzene rings is 1. The van der Waals surface area contributed by atoms with Gasteiger partial charge in [0, 0.05) is 12.9 Å². The predicted molar refractivity (Wildman–Crippen MR) is 107 cm³/mol. The van der Waals surface area contributed by atoms with Crippen LogP contribution in [0.3, 0.4) is 0 Å². The minimum atomic E-state index is -0.0559. The van der Waals surface area contributed by atoms with E-state index in [4.69, 9.17) is 9.15 Å². The van der Waals surface area contributed by atoms with Gasteiger partial charge in [0.1, 0.15) is 6.26 Å². The summed E-state index contributed by atoms with van der Waals surface area (Å²) in [5.74, 6) is 1.18. The van der Waals surface area contributed by atoms with Gasteiger partial charge < -0.3 is 9.15 Å². The molecule has 4 aromatic rings. The molecule has 0 saturated carbocycles. The molecule has 0 fully saturated rings. The number of fused-ring (bicyclic) bond motifs is 1. The first-order valence-electron chi connectivity index (χ1n) is 8.36. The Kier molecular flexibility index (Phi) is 5.38. The Balaban J connectivity index is 1.61. The van der Waals surface area contributed by atoms with E-state index in [2.05, 4.69) is 9.97 Å². The van der Waals surface area contributed by atoms with Gasteiger partial charge in [-0.2, -0.15) is 0 Å². The van der Waals surface area contributed by atoms with Crippen LogP contribution in [0.15, 0.2) is 62.4 Å². The fraction of sp³-hybridized carbons (Fsp3) is 0.211. The lowest BCUT2D eigenvalue weighted by Gasteiger charge is -2.12. The van der Waals surface area contributed by atoms with E-state index in [0.717, 1.165) is 10.6 Å². The lowest BCUT2D eigenvalue weighted by molar-refractivity contribution is 0.183. The van der Waals surface area contributed by atoms with Gasteiger partial charge in [-0.05, 0) is 23.6 Å². The van der Waals surface area contributed by atoms with Crippen LogP contribution in [0, 0.1) is 0 Å². The molecule has 4 rings (SSSR count). The molecule has 27 heavy (non-hydrogen) atoms.